The van der Waals surface area contributed by atoms with Gasteiger partial charge in [-0.1, -0.05) is 23.7 Å². The van der Waals surface area contributed by atoms with Gasteiger partial charge in [-0.25, -0.2) is 8.42 Å². The van der Waals surface area contributed by atoms with Crippen LogP contribution in [0.4, 0.5) is 5.69 Å². The summed E-state index contributed by atoms with van der Waals surface area (Å²) in [5.41, 5.74) is 2.20. The molecule has 1 N–H and O–H groups in total. The molecule has 0 atom stereocenters. The summed E-state index contributed by atoms with van der Waals surface area (Å²) in [6.07, 6.45) is 0. The average molecular weight is 340 g/mol. The molecule has 0 unspecified atom stereocenters. The van der Waals surface area contributed by atoms with E-state index in [0.717, 1.165) is 17.3 Å². The van der Waals surface area contributed by atoms with Crippen molar-refractivity contribution in [2.24, 2.45) is 0 Å². The standard InChI is InChI=1S/C13H10ClN3O2S2/c1-8-5-6-10(9(14)7-8)17-21(18,19)12-4-2-3-11-13(12)16-20-15-11/h2-7,17H,1H3. The van der Waals surface area contributed by atoms with E-state index in [-0.39, 0.29) is 4.90 Å². The summed E-state index contributed by atoms with van der Waals surface area (Å²) < 4.78 is 35.6. The van der Waals surface area contributed by atoms with Gasteiger partial charge in [0.2, 0.25) is 0 Å². The van der Waals surface area contributed by atoms with E-state index in [4.69, 9.17) is 11.6 Å². The van der Waals surface area contributed by atoms with Gasteiger partial charge in [-0.3, -0.25) is 4.72 Å². The molecule has 0 aliphatic carbocycles. The summed E-state index contributed by atoms with van der Waals surface area (Å²) in [5, 5.41) is 0.349. The van der Waals surface area contributed by atoms with Crippen molar-refractivity contribution < 1.29 is 8.42 Å². The second-order valence-corrected chi connectivity index (χ2v) is 7.06. The lowest BCUT2D eigenvalue weighted by atomic mass is 10.2. The summed E-state index contributed by atoms with van der Waals surface area (Å²) in [4.78, 5) is 0.0883. The minimum Gasteiger partial charge on any atom is -0.278 e. The molecule has 5 nitrogen and oxygen atoms in total. The number of sulfonamides is 1. The van der Waals surface area contributed by atoms with Crippen molar-refractivity contribution in [1.29, 1.82) is 0 Å². The highest BCUT2D eigenvalue weighted by Crippen LogP contribution is 2.27. The Morgan fingerprint density at radius 2 is 2.00 bits per heavy atom. The summed E-state index contributed by atoms with van der Waals surface area (Å²) in [6.45, 7) is 1.88. The third-order valence-corrected chi connectivity index (χ3v) is 5.16. The molecule has 2 aromatic carbocycles. The van der Waals surface area contributed by atoms with Gasteiger partial charge in [0.05, 0.1) is 22.4 Å². The number of aromatic nitrogens is 2. The van der Waals surface area contributed by atoms with Crippen molar-refractivity contribution in [3.05, 3.63) is 47.0 Å². The molecule has 3 aromatic rings. The van der Waals surface area contributed by atoms with Gasteiger partial charge in [-0.05, 0) is 36.8 Å². The van der Waals surface area contributed by atoms with Crippen LogP contribution in [0, 0.1) is 6.92 Å². The van der Waals surface area contributed by atoms with Crippen LogP contribution < -0.4 is 4.72 Å². The number of hydrogen-bond acceptors (Lipinski definition) is 5. The highest BCUT2D eigenvalue weighted by molar-refractivity contribution is 7.93. The first-order chi connectivity index (χ1) is 9.97. The Kier molecular flexibility index (Phi) is 3.56. The van der Waals surface area contributed by atoms with Gasteiger partial charge in [-0.2, -0.15) is 8.75 Å². The fourth-order valence-corrected chi connectivity index (χ4v) is 4.09. The van der Waals surface area contributed by atoms with Crippen LogP contribution in [0.3, 0.4) is 0 Å². The monoisotopic (exact) mass is 339 g/mol. The Hall–Kier alpha value is -1.70. The molecule has 1 heterocycles. The molecular weight excluding hydrogens is 330 g/mol. The first-order valence-corrected chi connectivity index (χ1v) is 8.57. The van der Waals surface area contributed by atoms with Crippen LogP contribution in [0.15, 0.2) is 41.3 Å². The fourth-order valence-electron chi connectivity index (χ4n) is 1.90. The Labute approximate surface area is 131 Å². The van der Waals surface area contributed by atoms with E-state index < -0.39 is 10.0 Å². The van der Waals surface area contributed by atoms with Gasteiger partial charge in [-0.15, -0.1) is 0 Å². The number of benzene rings is 2. The lowest BCUT2D eigenvalue weighted by molar-refractivity contribution is 0.602. The molecule has 1 aromatic heterocycles. The summed E-state index contributed by atoms with van der Waals surface area (Å²) in [5.74, 6) is 0. The minimum absolute atomic E-state index is 0.0883. The van der Waals surface area contributed by atoms with Gasteiger partial charge < -0.3 is 0 Å². The molecule has 21 heavy (non-hydrogen) atoms. The van der Waals surface area contributed by atoms with E-state index in [2.05, 4.69) is 13.5 Å². The molecule has 0 aliphatic heterocycles. The third-order valence-electron chi connectivity index (χ3n) is 2.91. The molecule has 0 saturated heterocycles. The second-order valence-electron chi connectivity index (χ2n) is 4.48. The van der Waals surface area contributed by atoms with E-state index in [1.807, 2.05) is 6.92 Å². The first-order valence-electron chi connectivity index (χ1n) is 5.97. The van der Waals surface area contributed by atoms with E-state index in [0.29, 0.717) is 21.7 Å². The fraction of sp³-hybridized carbons (Fsp3) is 0.0769. The van der Waals surface area contributed by atoms with Crippen molar-refractivity contribution in [3.8, 4) is 0 Å². The van der Waals surface area contributed by atoms with Crippen LogP contribution >= 0.6 is 23.3 Å². The number of nitrogens with zero attached hydrogens (tertiary/aromatic N) is 2. The van der Waals surface area contributed by atoms with Gasteiger partial charge in [0.1, 0.15) is 15.9 Å². The van der Waals surface area contributed by atoms with Crippen molar-refractivity contribution in [1.82, 2.24) is 8.75 Å². The van der Waals surface area contributed by atoms with Crippen LogP contribution in [0.1, 0.15) is 5.56 Å². The van der Waals surface area contributed by atoms with Gasteiger partial charge in [0.25, 0.3) is 10.0 Å². The van der Waals surface area contributed by atoms with Gasteiger partial charge in [0, 0.05) is 0 Å². The molecule has 0 bridgehead atoms. The Bertz CT molecular complexity index is 922. The second kappa shape index (κ2) is 5.25. The number of halogens is 1. The maximum absolute atomic E-state index is 12.5. The molecule has 0 aliphatic rings. The third kappa shape index (κ3) is 2.72. The van der Waals surface area contributed by atoms with Crippen LogP contribution in [-0.4, -0.2) is 17.2 Å². The SMILES string of the molecule is Cc1ccc(NS(=O)(=O)c2cccc3nsnc23)c(Cl)c1. The predicted molar refractivity (Wildman–Crippen MR) is 84.4 cm³/mol. The molecule has 0 amide bonds. The number of fused-ring (bicyclic) bond motifs is 1. The van der Waals surface area contributed by atoms with Gasteiger partial charge >= 0.3 is 0 Å². The number of hydrogen-bond donors (Lipinski definition) is 1. The maximum atomic E-state index is 12.5. The zero-order valence-corrected chi connectivity index (χ0v) is 13.3. The number of anilines is 1. The predicted octanol–water partition coefficient (Wildman–Crippen LogP) is 3.45. The number of aryl methyl sites for hydroxylation is 1. The maximum Gasteiger partial charge on any atom is 0.264 e. The molecule has 3 rings (SSSR count). The van der Waals surface area contributed by atoms with Crippen LogP contribution in [-0.2, 0) is 10.0 Å². The van der Waals surface area contributed by atoms with E-state index in [9.17, 15) is 8.42 Å². The topological polar surface area (TPSA) is 72.0 Å². The summed E-state index contributed by atoms with van der Waals surface area (Å²) in [6, 6.07) is 9.97. The Balaban J connectivity index is 2.06. The van der Waals surface area contributed by atoms with Crippen LogP contribution in [0.2, 0.25) is 5.02 Å². The quantitative estimate of drug-likeness (QED) is 0.793. The van der Waals surface area contributed by atoms with Crippen molar-refractivity contribution in [2.45, 2.75) is 11.8 Å². The molecule has 108 valence electrons. The first kappa shape index (κ1) is 14.2. The molecular formula is C13H10ClN3O2S2. The Morgan fingerprint density at radius 3 is 2.76 bits per heavy atom. The van der Waals surface area contributed by atoms with Gasteiger partial charge in [0.15, 0.2) is 0 Å². The normalized spacial score (nSPS) is 11.7. The van der Waals surface area contributed by atoms with Crippen molar-refractivity contribution >= 4 is 50.1 Å². The minimum atomic E-state index is -3.78. The smallest absolute Gasteiger partial charge is 0.264 e. The van der Waals surface area contributed by atoms with E-state index in [1.165, 1.54) is 6.07 Å². The highest BCUT2D eigenvalue weighted by Gasteiger charge is 2.20. The number of rotatable bonds is 3. The molecule has 0 fully saturated rings. The van der Waals surface area contributed by atoms with Crippen LogP contribution in [0.5, 0.6) is 0 Å². The zero-order chi connectivity index (χ0) is 15.0. The van der Waals surface area contributed by atoms with Crippen molar-refractivity contribution in [2.75, 3.05) is 4.72 Å². The molecule has 8 heteroatoms. The Morgan fingerprint density at radius 1 is 1.19 bits per heavy atom. The summed E-state index contributed by atoms with van der Waals surface area (Å²) >= 11 is 7.04. The summed E-state index contributed by atoms with van der Waals surface area (Å²) in [7, 11) is -3.78. The van der Waals surface area contributed by atoms with E-state index >= 15 is 0 Å². The lowest BCUT2D eigenvalue weighted by Gasteiger charge is -2.10. The zero-order valence-electron chi connectivity index (χ0n) is 10.9. The molecule has 0 saturated carbocycles. The lowest BCUT2D eigenvalue weighted by Crippen LogP contribution is -2.13. The highest BCUT2D eigenvalue weighted by atomic mass is 35.5. The van der Waals surface area contributed by atoms with E-state index in [1.54, 1.807) is 30.3 Å². The number of nitrogens with one attached hydrogen (secondary N) is 1. The molecule has 0 spiro atoms. The largest absolute Gasteiger partial charge is 0.278 e. The molecule has 0 radical (unpaired) electrons. The average Bonchev–Trinajstić information content (AvgIpc) is 2.90. The van der Waals surface area contributed by atoms with Crippen LogP contribution in [0.25, 0.3) is 11.0 Å². The van der Waals surface area contributed by atoms with Crippen molar-refractivity contribution in [3.63, 3.8) is 0 Å².